The number of hydrogen-bond acceptors (Lipinski definition) is 3. The average Bonchev–Trinajstić information content (AvgIpc) is 2.96. The van der Waals surface area contributed by atoms with Crippen molar-refractivity contribution in [3.05, 3.63) is 53.9 Å². The summed E-state index contributed by atoms with van der Waals surface area (Å²) in [6.07, 6.45) is 4.70. The number of anilines is 2. The lowest BCUT2D eigenvalue weighted by molar-refractivity contribution is 0.0749. The number of fused-ring (bicyclic) bond motifs is 1. The predicted molar refractivity (Wildman–Crippen MR) is 102 cm³/mol. The quantitative estimate of drug-likeness (QED) is 0.782. The maximum atomic E-state index is 12.9. The largest absolute Gasteiger partial charge is 0.338 e. The highest BCUT2D eigenvalue weighted by molar-refractivity contribution is 5.93. The van der Waals surface area contributed by atoms with E-state index in [1.165, 1.54) is 11.3 Å². The van der Waals surface area contributed by atoms with Crippen molar-refractivity contribution in [3.63, 3.8) is 0 Å². The second kappa shape index (κ2) is 7.68. The summed E-state index contributed by atoms with van der Waals surface area (Å²) in [6, 6.07) is 12.8. The summed E-state index contributed by atoms with van der Waals surface area (Å²) in [5.41, 5.74) is 4.18. The van der Waals surface area contributed by atoms with Crippen LogP contribution in [0.3, 0.4) is 0 Å². The first-order valence-electron chi connectivity index (χ1n) is 9.28. The highest BCUT2D eigenvalue weighted by Gasteiger charge is 2.27. The van der Waals surface area contributed by atoms with Crippen molar-refractivity contribution >= 4 is 17.3 Å². The summed E-state index contributed by atoms with van der Waals surface area (Å²) >= 11 is 0. The lowest BCUT2D eigenvalue weighted by Gasteiger charge is -2.26. The van der Waals surface area contributed by atoms with E-state index in [2.05, 4.69) is 54.9 Å². The van der Waals surface area contributed by atoms with Gasteiger partial charge in [0.2, 0.25) is 0 Å². The van der Waals surface area contributed by atoms with Gasteiger partial charge in [0, 0.05) is 36.7 Å². The van der Waals surface area contributed by atoms with Crippen molar-refractivity contribution in [3.8, 4) is 0 Å². The van der Waals surface area contributed by atoms with Crippen LogP contribution in [-0.2, 0) is 6.42 Å². The number of para-hydroxylation sites is 1. The number of benzene rings is 1. The Morgan fingerprint density at radius 3 is 2.64 bits per heavy atom. The molecule has 0 N–H and O–H groups in total. The van der Waals surface area contributed by atoms with E-state index in [1.54, 1.807) is 6.20 Å². The first-order chi connectivity index (χ1) is 12.2. The molecule has 1 aliphatic rings. The Morgan fingerprint density at radius 2 is 1.92 bits per heavy atom. The van der Waals surface area contributed by atoms with Gasteiger partial charge < -0.3 is 9.80 Å². The van der Waals surface area contributed by atoms with E-state index in [4.69, 9.17) is 0 Å². The van der Waals surface area contributed by atoms with Crippen molar-refractivity contribution < 1.29 is 4.79 Å². The number of aromatic nitrogens is 1. The van der Waals surface area contributed by atoms with Gasteiger partial charge in [0.25, 0.3) is 5.91 Å². The Hall–Kier alpha value is -2.36. The third-order valence-electron chi connectivity index (χ3n) is 4.72. The SMILES string of the molecule is CCCN(CCC)C(=O)c1cc(N2c3ccccc3CC2C)ccn1. The van der Waals surface area contributed by atoms with Gasteiger partial charge in [-0.05, 0) is 49.9 Å². The van der Waals surface area contributed by atoms with E-state index >= 15 is 0 Å². The molecule has 4 nitrogen and oxygen atoms in total. The lowest BCUT2D eigenvalue weighted by Crippen LogP contribution is -2.33. The van der Waals surface area contributed by atoms with Gasteiger partial charge >= 0.3 is 0 Å². The molecule has 4 heteroatoms. The fourth-order valence-electron chi connectivity index (χ4n) is 3.66. The Balaban J connectivity index is 1.90. The third kappa shape index (κ3) is 3.53. The average molecular weight is 337 g/mol. The standard InChI is InChI=1S/C21H27N3O/c1-4-12-23(13-5-2)21(25)19-15-18(10-11-22-19)24-16(3)14-17-8-6-7-9-20(17)24/h6-11,15-16H,4-5,12-14H2,1-3H3. The molecular formula is C21H27N3O. The van der Waals surface area contributed by atoms with Crippen LogP contribution in [0.1, 0.15) is 49.7 Å². The monoisotopic (exact) mass is 337 g/mol. The fraction of sp³-hybridized carbons (Fsp3) is 0.429. The van der Waals surface area contributed by atoms with Gasteiger partial charge in [-0.3, -0.25) is 9.78 Å². The minimum atomic E-state index is 0.0330. The van der Waals surface area contributed by atoms with Crippen molar-refractivity contribution in [2.24, 2.45) is 0 Å². The molecule has 0 fully saturated rings. The van der Waals surface area contributed by atoms with Gasteiger partial charge in [0.1, 0.15) is 5.69 Å². The number of carbonyl (C=O) groups excluding carboxylic acids is 1. The number of amides is 1. The summed E-state index contributed by atoms with van der Waals surface area (Å²) < 4.78 is 0. The van der Waals surface area contributed by atoms with E-state index < -0.39 is 0 Å². The number of hydrogen-bond donors (Lipinski definition) is 0. The van der Waals surface area contributed by atoms with Crippen LogP contribution in [0.2, 0.25) is 0 Å². The molecule has 2 aromatic rings. The molecular weight excluding hydrogens is 310 g/mol. The molecule has 0 saturated heterocycles. The van der Waals surface area contributed by atoms with Gasteiger partial charge in [-0.15, -0.1) is 0 Å². The summed E-state index contributed by atoms with van der Waals surface area (Å²) in [4.78, 5) is 21.5. The molecule has 2 heterocycles. The van der Waals surface area contributed by atoms with E-state index in [1.807, 2.05) is 17.0 Å². The number of nitrogens with zero attached hydrogens (tertiary/aromatic N) is 3. The number of pyridine rings is 1. The molecule has 1 aromatic carbocycles. The van der Waals surface area contributed by atoms with E-state index in [0.29, 0.717) is 11.7 Å². The molecule has 25 heavy (non-hydrogen) atoms. The molecule has 1 amide bonds. The van der Waals surface area contributed by atoms with Gasteiger partial charge in [-0.1, -0.05) is 32.0 Å². The molecule has 0 saturated carbocycles. The zero-order valence-corrected chi connectivity index (χ0v) is 15.4. The van der Waals surface area contributed by atoms with Crippen LogP contribution in [0.25, 0.3) is 0 Å². The molecule has 3 rings (SSSR count). The Bertz CT molecular complexity index is 737. The summed E-state index contributed by atoms with van der Waals surface area (Å²) in [7, 11) is 0. The lowest BCUT2D eigenvalue weighted by atomic mass is 10.1. The smallest absolute Gasteiger partial charge is 0.272 e. The van der Waals surface area contributed by atoms with Gasteiger partial charge in [0.15, 0.2) is 0 Å². The Labute approximate surface area is 150 Å². The molecule has 1 atom stereocenters. The number of carbonyl (C=O) groups is 1. The number of rotatable bonds is 6. The molecule has 132 valence electrons. The zero-order valence-electron chi connectivity index (χ0n) is 15.4. The molecule has 0 aliphatic carbocycles. The van der Waals surface area contributed by atoms with Crippen LogP contribution >= 0.6 is 0 Å². The Kier molecular flexibility index (Phi) is 5.37. The van der Waals surface area contributed by atoms with E-state index in [-0.39, 0.29) is 5.91 Å². The second-order valence-electron chi connectivity index (χ2n) is 6.74. The van der Waals surface area contributed by atoms with Crippen LogP contribution in [-0.4, -0.2) is 34.9 Å². The van der Waals surface area contributed by atoms with Crippen molar-refractivity contribution in [1.82, 2.24) is 9.88 Å². The van der Waals surface area contributed by atoms with Crippen LogP contribution in [0.4, 0.5) is 11.4 Å². The maximum absolute atomic E-state index is 12.9. The highest BCUT2D eigenvalue weighted by Crippen LogP contribution is 2.38. The highest BCUT2D eigenvalue weighted by atomic mass is 16.2. The second-order valence-corrected chi connectivity index (χ2v) is 6.74. The molecule has 1 aromatic heterocycles. The van der Waals surface area contributed by atoms with E-state index in [0.717, 1.165) is 38.0 Å². The van der Waals surface area contributed by atoms with Crippen LogP contribution < -0.4 is 4.90 Å². The summed E-state index contributed by atoms with van der Waals surface area (Å²) in [5.74, 6) is 0.0330. The van der Waals surface area contributed by atoms with Gasteiger partial charge in [-0.2, -0.15) is 0 Å². The minimum absolute atomic E-state index is 0.0330. The molecule has 0 radical (unpaired) electrons. The molecule has 0 spiro atoms. The molecule has 1 unspecified atom stereocenters. The van der Waals surface area contributed by atoms with Crippen LogP contribution in [0.5, 0.6) is 0 Å². The zero-order chi connectivity index (χ0) is 17.8. The van der Waals surface area contributed by atoms with Crippen molar-refractivity contribution in [2.75, 3.05) is 18.0 Å². The fourth-order valence-corrected chi connectivity index (χ4v) is 3.66. The van der Waals surface area contributed by atoms with Gasteiger partial charge in [-0.25, -0.2) is 0 Å². The van der Waals surface area contributed by atoms with Crippen molar-refractivity contribution in [1.29, 1.82) is 0 Å². The summed E-state index contributed by atoms with van der Waals surface area (Å²) in [6.45, 7) is 7.98. The first kappa shape index (κ1) is 17.5. The first-order valence-corrected chi connectivity index (χ1v) is 9.28. The van der Waals surface area contributed by atoms with E-state index in [9.17, 15) is 4.79 Å². The molecule has 0 bridgehead atoms. The normalized spacial score (nSPS) is 16.0. The van der Waals surface area contributed by atoms with Crippen LogP contribution in [0, 0.1) is 0 Å². The topological polar surface area (TPSA) is 36.4 Å². The summed E-state index contributed by atoms with van der Waals surface area (Å²) in [5, 5.41) is 0. The maximum Gasteiger partial charge on any atom is 0.272 e. The molecule has 1 aliphatic heterocycles. The predicted octanol–water partition coefficient (Wildman–Crippen LogP) is 4.43. The van der Waals surface area contributed by atoms with Crippen LogP contribution in [0.15, 0.2) is 42.6 Å². The van der Waals surface area contributed by atoms with Gasteiger partial charge in [0.05, 0.1) is 0 Å². The Morgan fingerprint density at radius 1 is 1.20 bits per heavy atom. The third-order valence-corrected chi connectivity index (χ3v) is 4.72. The minimum Gasteiger partial charge on any atom is -0.338 e. The van der Waals surface area contributed by atoms with Crippen molar-refractivity contribution in [2.45, 2.75) is 46.1 Å².